The molecule has 0 atom stereocenters. The third-order valence-corrected chi connectivity index (χ3v) is 5.40. The van der Waals surface area contributed by atoms with E-state index in [2.05, 4.69) is 9.68 Å². The predicted molar refractivity (Wildman–Crippen MR) is 127 cm³/mol. The van der Waals surface area contributed by atoms with E-state index in [0.29, 0.717) is 0 Å². The van der Waals surface area contributed by atoms with Crippen molar-refractivity contribution < 1.29 is 42.4 Å². The van der Waals surface area contributed by atoms with Crippen LogP contribution in [0.25, 0.3) is 11.1 Å². The van der Waals surface area contributed by atoms with Crippen LogP contribution in [0.15, 0.2) is 59.0 Å². The summed E-state index contributed by atoms with van der Waals surface area (Å²) in [6, 6.07) is 9.77. The van der Waals surface area contributed by atoms with Gasteiger partial charge in [-0.3, -0.25) is 9.59 Å². The van der Waals surface area contributed by atoms with Crippen molar-refractivity contribution in [2.45, 2.75) is 0 Å². The van der Waals surface area contributed by atoms with Gasteiger partial charge in [-0.05, 0) is 53.6 Å². The van der Waals surface area contributed by atoms with E-state index in [-0.39, 0.29) is 27.9 Å². The number of aromatic carboxylic acids is 2. The first-order valence-electron chi connectivity index (χ1n) is 10.00. The van der Waals surface area contributed by atoms with Crippen molar-refractivity contribution in [1.29, 1.82) is 0 Å². The first-order chi connectivity index (χ1) is 16.8. The highest BCUT2D eigenvalue weighted by atomic mass is 32.2. The number of amides is 2. The molecule has 0 saturated heterocycles. The van der Waals surface area contributed by atoms with Crippen molar-refractivity contribution in [2.75, 3.05) is 17.8 Å². The van der Waals surface area contributed by atoms with E-state index in [1.807, 2.05) is 0 Å². The molecule has 2 amide bonds. The molecule has 0 aliphatic heterocycles. The van der Waals surface area contributed by atoms with Gasteiger partial charge >= 0.3 is 11.9 Å². The van der Waals surface area contributed by atoms with Crippen LogP contribution in [-0.2, 0) is 9.73 Å². The van der Waals surface area contributed by atoms with Gasteiger partial charge < -0.3 is 15.5 Å². The van der Waals surface area contributed by atoms with Crippen LogP contribution in [0.2, 0.25) is 0 Å². The Hall–Kier alpha value is -4.45. The van der Waals surface area contributed by atoms with E-state index in [4.69, 9.17) is 0 Å². The summed E-state index contributed by atoms with van der Waals surface area (Å²) in [7, 11) is -2.82. The van der Waals surface area contributed by atoms with E-state index in [0.717, 1.165) is 36.4 Å². The molecule has 12 heteroatoms. The summed E-state index contributed by atoms with van der Waals surface area (Å²) in [5.74, 6) is -7.13. The summed E-state index contributed by atoms with van der Waals surface area (Å²) in [6.45, 7) is 0. The number of halogens is 2. The van der Waals surface area contributed by atoms with Crippen LogP contribution in [0, 0.1) is 11.6 Å². The van der Waals surface area contributed by atoms with Crippen molar-refractivity contribution in [3.63, 3.8) is 0 Å². The normalized spacial score (nSPS) is 11.0. The van der Waals surface area contributed by atoms with Gasteiger partial charge in [-0.25, -0.2) is 22.6 Å². The van der Waals surface area contributed by atoms with Crippen LogP contribution in [0.4, 0.5) is 14.5 Å². The molecule has 3 aromatic rings. The SMILES string of the molecule is CS(C)(=O)=NC(=O)c1ccc(C(=O)Nc2cc(-c3ccc(F)c(F)c3)ccc2C(=O)O)c(C(=O)O)c1. The second-order valence-corrected chi connectivity index (χ2v) is 10.3. The Kier molecular flexibility index (Phi) is 7.29. The standard InChI is InChI=1S/C24H18F2N2O7S/c1-36(2,35)28-21(29)14-4-6-15(17(9-14)24(33)34)22(30)27-20-11-13(3-7-16(20)23(31)32)12-5-8-18(25)19(26)10-12/h3-11H,1-2H3,(H,27,30)(H,31,32)(H,33,34). The maximum absolute atomic E-state index is 13.7. The Labute approximate surface area is 203 Å². The second-order valence-electron chi connectivity index (χ2n) is 7.79. The number of carboxylic acids is 2. The average Bonchev–Trinajstić information content (AvgIpc) is 2.79. The fourth-order valence-electron chi connectivity index (χ4n) is 3.18. The van der Waals surface area contributed by atoms with Crippen LogP contribution in [-0.4, -0.2) is 50.7 Å². The molecule has 0 unspecified atom stereocenters. The maximum Gasteiger partial charge on any atom is 0.337 e. The molecule has 0 saturated carbocycles. The molecular formula is C24H18F2N2O7S. The van der Waals surface area contributed by atoms with E-state index < -0.39 is 56.2 Å². The molecule has 0 aliphatic carbocycles. The number of carbonyl (C=O) groups is 4. The van der Waals surface area contributed by atoms with E-state index in [1.165, 1.54) is 30.7 Å². The zero-order valence-electron chi connectivity index (χ0n) is 18.7. The molecule has 0 radical (unpaired) electrons. The van der Waals surface area contributed by atoms with Crippen molar-refractivity contribution >= 4 is 39.2 Å². The molecule has 0 aromatic heterocycles. The molecule has 186 valence electrons. The van der Waals surface area contributed by atoms with Crippen molar-refractivity contribution in [3.05, 3.63) is 88.5 Å². The number of carboxylic acid groups (broad SMARTS) is 2. The Morgan fingerprint density at radius 3 is 1.94 bits per heavy atom. The molecule has 0 spiro atoms. The molecule has 9 nitrogen and oxygen atoms in total. The molecule has 0 bridgehead atoms. The molecule has 3 aromatic carbocycles. The summed E-state index contributed by atoms with van der Waals surface area (Å²) < 4.78 is 42.2. The van der Waals surface area contributed by atoms with Gasteiger partial charge in [-0.1, -0.05) is 12.1 Å². The maximum atomic E-state index is 13.7. The summed E-state index contributed by atoms with van der Waals surface area (Å²) in [5, 5.41) is 21.4. The molecule has 3 rings (SSSR count). The Bertz CT molecular complexity index is 1550. The first kappa shape index (κ1) is 26.2. The fourth-order valence-corrected chi connectivity index (χ4v) is 3.69. The highest BCUT2D eigenvalue weighted by Crippen LogP contribution is 2.28. The lowest BCUT2D eigenvalue weighted by Gasteiger charge is -2.13. The van der Waals surface area contributed by atoms with Crippen LogP contribution >= 0.6 is 0 Å². The van der Waals surface area contributed by atoms with E-state index in [9.17, 15) is 42.4 Å². The number of anilines is 1. The lowest BCUT2D eigenvalue weighted by Crippen LogP contribution is -2.19. The zero-order chi connectivity index (χ0) is 26.8. The fraction of sp³-hybridized carbons (Fsp3) is 0.0833. The number of nitrogens with one attached hydrogen (secondary N) is 1. The summed E-state index contributed by atoms with van der Waals surface area (Å²) in [5.41, 5.74) is -1.34. The van der Waals surface area contributed by atoms with Crippen LogP contribution < -0.4 is 5.32 Å². The molecule has 36 heavy (non-hydrogen) atoms. The number of hydrogen-bond donors (Lipinski definition) is 3. The minimum Gasteiger partial charge on any atom is -0.478 e. The number of carbonyl (C=O) groups excluding carboxylic acids is 2. The largest absolute Gasteiger partial charge is 0.478 e. The van der Waals surface area contributed by atoms with Gasteiger partial charge in [0.2, 0.25) is 0 Å². The molecule has 0 heterocycles. The van der Waals surface area contributed by atoms with Crippen LogP contribution in [0.3, 0.4) is 0 Å². The van der Waals surface area contributed by atoms with Crippen molar-refractivity contribution in [3.8, 4) is 11.1 Å². The number of benzene rings is 3. The average molecular weight is 516 g/mol. The van der Waals surface area contributed by atoms with Gasteiger partial charge in [0, 0.05) is 27.8 Å². The lowest BCUT2D eigenvalue weighted by molar-refractivity contribution is 0.0684. The van der Waals surface area contributed by atoms with E-state index in [1.54, 1.807) is 0 Å². The van der Waals surface area contributed by atoms with Gasteiger partial charge in [0.15, 0.2) is 11.6 Å². The highest BCUT2D eigenvalue weighted by molar-refractivity contribution is 7.92. The smallest absolute Gasteiger partial charge is 0.337 e. The van der Waals surface area contributed by atoms with Crippen molar-refractivity contribution in [2.24, 2.45) is 4.36 Å². The third kappa shape index (κ3) is 5.96. The Morgan fingerprint density at radius 2 is 1.36 bits per heavy atom. The Balaban J connectivity index is 2.04. The molecule has 0 fully saturated rings. The zero-order valence-corrected chi connectivity index (χ0v) is 19.6. The second kappa shape index (κ2) is 10.0. The lowest BCUT2D eigenvalue weighted by atomic mass is 10.0. The van der Waals surface area contributed by atoms with Gasteiger partial charge in [0.25, 0.3) is 11.8 Å². The minimum absolute atomic E-state index is 0.197. The summed E-state index contributed by atoms with van der Waals surface area (Å²) in [4.78, 5) is 48.6. The molecule has 3 N–H and O–H groups in total. The number of hydrogen-bond acceptors (Lipinski definition) is 5. The Morgan fingerprint density at radius 1 is 0.778 bits per heavy atom. The monoisotopic (exact) mass is 516 g/mol. The minimum atomic E-state index is -2.82. The summed E-state index contributed by atoms with van der Waals surface area (Å²) in [6.07, 6.45) is 2.44. The first-order valence-corrected chi connectivity index (χ1v) is 12.3. The van der Waals surface area contributed by atoms with E-state index >= 15 is 0 Å². The van der Waals surface area contributed by atoms with Crippen LogP contribution in [0.1, 0.15) is 41.4 Å². The quantitative estimate of drug-likeness (QED) is 0.445. The highest BCUT2D eigenvalue weighted by Gasteiger charge is 2.22. The molecule has 0 aliphatic rings. The third-order valence-electron chi connectivity index (χ3n) is 4.80. The summed E-state index contributed by atoms with van der Waals surface area (Å²) >= 11 is 0. The topological polar surface area (TPSA) is 150 Å². The number of rotatable bonds is 6. The molecular weight excluding hydrogens is 498 g/mol. The van der Waals surface area contributed by atoms with Gasteiger partial charge in [-0.15, -0.1) is 0 Å². The predicted octanol–water partition coefficient (Wildman–Crippen LogP) is 4.15. The van der Waals surface area contributed by atoms with Gasteiger partial charge in [-0.2, -0.15) is 4.36 Å². The van der Waals surface area contributed by atoms with Crippen LogP contribution in [0.5, 0.6) is 0 Å². The van der Waals surface area contributed by atoms with Gasteiger partial charge in [0.05, 0.1) is 22.4 Å². The van der Waals surface area contributed by atoms with Gasteiger partial charge in [0.1, 0.15) is 0 Å². The number of nitrogens with zero attached hydrogens (tertiary/aromatic N) is 1. The van der Waals surface area contributed by atoms with Crippen molar-refractivity contribution in [1.82, 2.24) is 0 Å².